The predicted molar refractivity (Wildman–Crippen MR) is 129 cm³/mol. The van der Waals surface area contributed by atoms with Crippen molar-refractivity contribution >= 4 is 28.8 Å². The van der Waals surface area contributed by atoms with Crippen LogP contribution in [0.15, 0.2) is 66.2 Å². The summed E-state index contributed by atoms with van der Waals surface area (Å²) in [4.78, 5) is 22.3. The standard InChI is InChI=1S/C25H24N6O3/c1-30(2)23(32)15-34-19-7-3-16(4-8-19)24-25(31-12-11-26-14-22(31)28-24)27-18-6-9-20-17(13-18)5-10-21(20)29-33/h3-4,6-9,11-14,27,33H,5,10,15H2,1-2H3. The summed E-state index contributed by atoms with van der Waals surface area (Å²) in [5.74, 6) is 1.32. The third-order valence-corrected chi connectivity index (χ3v) is 5.85. The van der Waals surface area contributed by atoms with Crippen LogP contribution in [0, 0.1) is 0 Å². The van der Waals surface area contributed by atoms with E-state index in [1.807, 2.05) is 47.0 Å². The van der Waals surface area contributed by atoms with E-state index in [-0.39, 0.29) is 12.5 Å². The van der Waals surface area contributed by atoms with Crippen molar-refractivity contribution < 1.29 is 14.7 Å². The summed E-state index contributed by atoms with van der Waals surface area (Å²) in [6, 6.07) is 13.5. The normalized spacial score (nSPS) is 13.8. The van der Waals surface area contributed by atoms with E-state index in [4.69, 9.17) is 9.72 Å². The molecule has 2 aromatic carbocycles. The highest BCUT2D eigenvalue weighted by atomic mass is 16.5. The SMILES string of the molecule is CN(C)C(=O)COc1ccc(-c2nc3cnccn3c2Nc2ccc3c(c2)CCC3=NO)cc1. The monoisotopic (exact) mass is 456 g/mol. The summed E-state index contributed by atoms with van der Waals surface area (Å²) in [7, 11) is 3.39. The Hall–Kier alpha value is -4.40. The molecular weight excluding hydrogens is 432 g/mol. The van der Waals surface area contributed by atoms with Gasteiger partial charge in [-0.05, 0) is 54.8 Å². The Kier molecular flexibility index (Phi) is 5.59. The fraction of sp³-hybridized carbons (Fsp3) is 0.200. The minimum Gasteiger partial charge on any atom is -0.484 e. The van der Waals surface area contributed by atoms with Gasteiger partial charge in [0.05, 0.1) is 11.9 Å². The lowest BCUT2D eigenvalue weighted by molar-refractivity contribution is -0.130. The largest absolute Gasteiger partial charge is 0.484 e. The molecule has 0 saturated heterocycles. The van der Waals surface area contributed by atoms with Gasteiger partial charge in [-0.3, -0.25) is 14.2 Å². The van der Waals surface area contributed by atoms with E-state index in [2.05, 4.69) is 21.5 Å². The molecule has 1 aliphatic carbocycles. The molecule has 0 bridgehead atoms. The molecule has 0 fully saturated rings. The number of hydrogen-bond donors (Lipinski definition) is 2. The number of ether oxygens (including phenoxy) is 1. The van der Waals surface area contributed by atoms with Crippen LogP contribution in [0.3, 0.4) is 0 Å². The van der Waals surface area contributed by atoms with E-state index >= 15 is 0 Å². The molecule has 0 atom stereocenters. The molecule has 2 heterocycles. The molecule has 0 spiro atoms. The molecule has 4 aromatic rings. The molecule has 0 radical (unpaired) electrons. The molecular formula is C25H24N6O3. The summed E-state index contributed by atoms with van der Waals surface area (Å²) in [5.41, 5.74) is 6.14. The minimum absolute atomic E-state index is 0.0137. The van der Waals surface area contributed by atoms with Crippen LogP contribution in [-0.4, -0.2) is 56.8 Å². The number of aryl methyl sites for hydroxylation is 1. The number of carbonyl (C=O) groups excluding carboxylic acids is 1. The first kappa shape index (κ1) is 21.4. The van der Waals surface area contributed by atoms with E-state index in [0.717, 1.165) is 52.4 Å². The lowest BCUT2D eigenvalue weighted by atomic mass is 10.1. The van der Waals surface area contributed by atoms with Crippen LogP contribution in [0.1, 0.15) is 17.5 Å². The van der Waals surface area contributed by atoms with Crippen LogP contribution >= 0.6 is 0 Å². The van der Waals surface area contributed by atoms with Gasteiger partial charge >= 0.3 is 0 Å². The summed E-state index contributed by atoms with van der Waals surface area (Å²) >= 11 is 0. The van der Waals surface area contributed by atoms with E-state index in [0.29, 0.717) is 11.4 Å². The van der Waals surface area contributed by atoms with Gasteiger partial charge in [-0.2, -0.15) is 0 Å². The first-order chi connectivity index (χ1) is 16.5. The smallest absolute Gasteiger partial charge is 0.259 e. The quantitative estimate of drug-likeness (QED) is 0.338. The van der Waals surface area contributed by atoms with Gasteiger partial charge in [-0.25, -0.2) is 4.98 Å². The van der Waals surface area contributed by atoms with Crippen LogP contribution < -0.4 is 10.1 Å². The Morgan fingerprint density at radius 2 is 2.03 bits per heavy atom. The number of nitrogens with zero attached hydrogens (tertiary/aromatic N) is 5. The number of carbonyl (C=O) groups is 1. The summed E-state index contributed by atoms with van der Waals surface area (Å²) in [6.45, 7) is -0.0137. The molecule has 5 rings (SSSR count). The maximum absolute atomic E-state index is 11.8. The van der Waals surface area contributed by atoms with Gasteiger partial charge in [0.1, 0.15) is 17.3 Å². The molecule has 1 amide bonds. The molecule has 2 aromatic heterocycles. The number of anilines is 2. The number of nitrogens with one attached hydrogen (secondary N) is 1. The zero-order valence-corrected chi connectivity index (χ0v) is 18.9. The second-order valence-electron chi connectivity index (χ2n) is 8.26. The average Bonchev–Trinajstić information content (AvgIpc) is 3.44. The maximum Gasteiger partial charge on any atom is 0.259 e. The highest BCUT2D eigenvalue weighted by Crippen LogP contribution is 2.33. The number of rotatable bonds is 6. The van der Waals surface area contributed by atoms with E-state index in [9.17, 15) is 10.0 Å². The van der Waals surface area contributed by atoms with Crippen LogP contribution in [0.25, 0.3) is 16.9 Å². The van der Waals surface area contributed by atoms with Gasteiger partial charge in [-0.1, -0.05) is 11.2 Å². The molecule has 34 heavy (non-hydrogen) atoms. The lowest BCUT2D eigenvalue weighted by Crippen LogP contribution is -2.27. The van der Waals surface area contributed by atoms with Gasteiger partial charge in [-0.15, -0.1) is 0 Å². The number of fused-ring (bicyclic) bond motifs is 2. The van der Waals surface area contributed by atoms with E-state index in [1.165, 1.54) is 4.90 Å². The van der Waals surface area contributed by atoms with Crippen LogP contribution in [0.5, 0.6) is 5.75 Å². The first-order valence-electron chi connectivity index (χ1n) is 10.9. The Labute approximate surface area is 196 Å². The number of benzene rings is 2. The Morgan fingerprint density at radius 3 is 2.79 bits per heavy atom. The molecule has 1 aliphatic rings. The van der Waals surface area contributed by atoms with E-state index in [1.54, 1.807) is 26.5 Å². The molecule has 9 heteroatoms. The third kappa shape index (κ3) is 4.03. The average molecular weight is 457 g/mol. The maximum atomic E-state index is 11.8. The van der Waals surface area contributed by atoms with Crippen molar-refractivity contribution in [2.45, 2.75) is 12.8 Å². The number of aromatic nitrogens is 3. The van der Waals surface area contributed by atoms with Crippen LogP contribution in [-0.2, 0) is 11.2 Å². The molecule has 172 valence electrons. The molecule has 2 N–H and O–H groups in total. The molecule has 0 unspecified atom stereocenters. The highest BCUT2D eigenvalue weighted by molar-refractivity contribution is 6.04. The van der Waals surface area contributed by atoms with Crippen molar-refractivity contribution in [3.8, 4) is 17.0 Å². The number of imidazole rings is 1. The number of oxime groups is 1. The fourth-order valence-corrected chi connectivity index (χ4v) is 4.00. The number of hydrogen-bond acceptors (Lipinski definition) is 7. The summed E-state index contributed by atoms with van der Waals surface area (Å²) in [6.07, 6.45) is 6.87. The third-order valence-electron chi connectivity index (χ3n) is 5.85. The second-order valence-corrected chi connectivity index (χ2v) is 8.26. The Bertz CT molecular complexity index is 1390. The predicted octanol–water partition coefficient (Wildman–Crippen LogP) is 3.73. The van der Waals surface area contributed by atoms with Gasteiger partial charge in [0.2, 0.25) is 0 Å². The van der Waals surface area contributed by atoms with Gasteiger partial charge in [0, 0.05) is 43.3 Å². The van der Waals surface area contributed by atoms with E-state index < -0.39 is 0 Å². The van der Waals surface area contributed by atoms with Crippen molar-refractivity contribution in [1.82, 2.24) is 19.3 Å². The van der Waals surface area contributed by atoms with Crippen LogP contribution in [0.4, 0.5) is 11.5 Å². The Morgan fingerprint density at radius 1 is 1.21 bits per heavy atom. The van der Waals surface area contributed by atoms with Gasteiger partial charge in [0.15, 0.2) is 12.3 Å². The Balaban J connectivity index is 1.46. The minimum atomic E-state index is -0.102. The second kappa shape index (κ2) is 8.86. The van der Waals surface area contributed by atoms with Gasteiger partial charge < -0.3 is 20.2 Å². The molecule has 9 nitrogen and oxygen atoms in total. The zero-order valence-electron chi connectivity index (χ0n) is 18.9. The lowest BCUT2D eigenvalue weighted by Gasteiger charge is -2.12. The summed E-state index contributed by atoms with van der Waals surface area (Å²) in [5, 5.41) is 16.1. The number of amides is 1. The van der Waals surface area contributed by atoms with Crippen molar-refractivity contribution in [3.05, 3.63) is 72.2 Å². The van der Waals surface area contributed by atoms with Crippen molar-refractivity contribution in [2.75, 3.05) is 26.0 Å². The highest BCUT2D eigenvalue weighted by Gasteiger charge is 2.20. The fourth-order valence-electron chi connectivity index (χ4n) is 4.00. The van der Waals surface area contributed by atoms with Crippen molar-refractivity contribution in [2.24, 2.45) is 5.16 Å². The van der Waals surface area contributed by atoms with Gasteiger partial charge in [0.25, 0.3) is 5.91 Å². The zero-order chi connectivity index (χ0) is 23.7. The molecule has 0 saturated carbocycles. The molecule has 0 aliphatic heterocycles. The first-order valence-corrected chi connectivity index (χ1v) is 10.9. The van der Waals surface area contributed by atoms with Crippen LogP contribution in [0.2, 0.25) is 0 Å². The van der Waals surface area contributed by atoms with Crippen molar-refractivity contribution in [1.29, 1.82) is 0 Å². The number of likely N-dealkylation sites (N-methyl/N-ethyl adjacent to an activating group) is 1. The summed E-state index contributed by atoms with van der Waals surface area (Å²) < 4.78 is 7.55. The van der Waals surface area contributed by atoms with Crippen molar-refractivity contribution in [3.63, 3.8) is 0 Å². The topological polar surface area (TPSA) is 104 Å².